The molecule has 20 heavy (non-hydrogen) atoms. The van der Waals surface area contributed by atoms with Gasteiger partial charge in [0.2, 0.25) is 0 Å². The molecule has 1 rings (SSSR count). The highest BCUT2D eigenvalue weighted by Crippen LogP contribution is 2.32. The monoisotopic (exact) mass is 320 g/mol. The Morgan fingerprint density at radius 3 is 2.80 bits per heavy atom. The van der Waals surface area contributed by atoms with E-state index in [-0.39, 0.29) is 11.4 Å². The number of carbonyl (C=O) groups excluding carboxylic acids is 1. The van der Waals surface area contributed by atoms with Crippen molar-refractivity contribution in [3.63, 3.8) is 0 Å². The highest BCUT2D eigenvalue weighted by atomic mass is 32.2. The van der Waals surface area contributed by atoms with Crippen LogP contribution in [0.2, 0.25) is 0 Å². The second-order valence-corrected chi connectivity index (χ2v) is 7.21. The predicted octanol–water partition coefficient (Wildman–Crippen LogP) is 2.32. The summed E-state index contributed by atoms with van der Waals surface area (Å²) in [6.07, 6.45) is 3.81. The Morgan fingerprint density at radius 2 is 2.25 bits per heavy atom. The molecule has 0 radical (unpaired) electrons. The van der Waals surface area contributed by atoms with Crippen LogP contribution >= 0.6 is 23.5 Å². The minimum absolute atomic E-state index is 0.0167. The zero-order chi connectivity index (χ0) is 15.1. The summed E-state index contributed by atoms with van der Waals surface area (Å²) in [7, 11) is 0. The zero-order valence-corrected chi connectivity index (χ0v) is 13.9. The number of nitrogens with one attached hydrogen (secondary N) is 1. The van der Waals surface area contributed by atoms with E-state index >= 15 is 0 Å². The first-order valence-corrected chi connectivity index (χ1v) is 9.35. The number of urea groups is 1. The van der Waals surface area contributed by atoms with E-state index in [1.807, 2.05) is 13.2 Å². The quantitative estimate of drug-likeness (QED) is 0.753. The van der Waals surface area contributed by atoms with Crippen molar-refractivity contribution < 1.29 is 14.7 Å². The molecule has 0 saturated carbocycles. The fourth-order valence-electron chi connectivity index (χ4n) is 2.19. The van der Waals surface area contributed by atoms with E-state index in [0.29, 0.717) is 18.2 Å². The summed E-state index contributed by atoms with van der Waals surface area (Å²) in [5.41, 5.74) is 0. The van der Waals surface area contributed by atoms with Crippen LogP contribution in [-0.4, -0.2) is 57.7 Å². The Hall–Kier alpha value is -0.560. The van der Waals surface area contributed by atoms with Gasteiger partial charge in [-0.15, -0.1) is 11.8 Å². The zero-order valence-electron chi connectivity index (χ0n) is 12.3. The van der Waals surface area contributed by atoms with Gasteiger partial charge in [0.15, 0.2) is 0 Å². The molecule has 7 heteroatoms. The van der Waals surface area contributed by atoms with E-state index < -0.39 is 12.0 Å². The van der Waals surface area contributed by atoms with E-state index in [9.17, 15) is 14.7 Å². The number of carboxylic acid groups (broad SMARTS) is 1. The van der Waals surface area contributed by atoms with Gasteiger partial charge in [-0.1, -0.05) is 20.3 Å². The number of hydrogen-bond acceptors (Lipinski definition) is 4. The molecule has 116 valence electrons. The maximum Gasteiger partial charge on any atom is 0.327 e. The molecule has 3 unspecified atom stereocenters. The van der Waals surface area contributed by atoms with Crippen LogP contribution in [0.1, 0.15) is 26.7 Å². The molecule has 1 heterocycles. The molecular formula is C13H24N2O3S2. The van der Waals surface area contributed by atoms with Crippen LogP contribution in [-0.2, 0) is 4.79 Å². The lowest BCUT2D eigenvalue weighted by atomic mass is 10.2. The van der Waals surface area contributed by atoms with E-state index in [1.54, 1.807) is 23.5 Å². The SMILES string of the molecule is CCCC1SCC(C(=O)O)N1C(=O)NCC(C)CSC. The summed E-state index contributed by atoms with van der Waals surface area (Å²) in [5.74, 6) is 0.935. The number of amides is 2. The standard InChI is InChI=1S/C13H24N2O3S2/c1-4-5-11-15(10(8-20-11)12(16)17)13(18)14-6-9(2)7-19-3/h9-11H,4-8H2,1-3H3,(H,14,18)(H,16,17). The number of carbonyl (C=O) groups is 2. The molecule has 0 spiro atoms. The van der Waals surface area contributed by atoms with Gasteiger partial charge in [0.05, 0.1) is 5.37 Å². The van der Waals surface area contributed by atoms with Crippen molar-refractivity contribution >= 4 is 35.5 Å². The Labute approximate surface area is 129 Å². The summed E-state index contributed by atoms with van der Waals surface area (Å²) in [6.45, 7) is 4.71. The molecule has 1 fully saturated rings. The molecule has 0 aliphatic carbocycles. The average Bonchev–Trinajstić information content (AvgIpc) is 2.81. The highest BCUT2D eigenvalue weighted by molar-refractivity contribution is 8.00. The van der Waals surface area contributed by atoms with Crippen molar-refractivity contribution in [3.8, 4) is 0 Å². The number of nitrogens with zero attached hydrogens (tertiary/aromatic N) is 1. The molecule has 2 amide bonds. The minimum atomic E-state index is -0.914. The Balaban J connectivity index is 2.61. The van der Waals surface area contributed by atoms with Crippen LogP contribution in [0.15, 0.2) is 0 Å². The maximum atomic E-state index is 12.3. The average molecular weight is 320 g/mol. The van der Waals surface area contributed by atoms with Gasteiger partial charge in [-0.3, -0.25) is 4.90 Å². The molecule has 1 aliphatic heterocycles. The first-order valence-electron chi connectivity index (χ1n) is 6.90. The molecule has 0 aromatic heterocycles. The molecule has 3 atom stereocenters. The van der Waals surface area contributed by atoms with Gasteiger partial charge in [0.25, 0.3) is 0 Å². The van der Waals surface area contributed by atoms with E-state index in [2.05, 4.69) is 12.2 Å². The summed E-state index contributed by atoms with van der Waals surface area (Å²) in [4.78, 5) is 25.1. The topological polar surface area (TPSA) is 69.6 Å². The van der Waals surface area contributed by atoms with Gasteiger partial charge in [-0.05, 0) is 24.3 Å². The molecule has 1 aliphatic rings. The molecular weight excluding hydrogens is 296 g/mol. The Bertz CT molecular complexity index is 342. The number of hydrogen-bond donors (Lipinski definition) is 2. The van der Waals surface area contributed by atoms with Crippen molar-refractivity contribution in [2.75, 3.05) is 24.3 Å². The van der Waals surface area contributed by atoms with Gasteiger partial charge in [-0.2, -0.15) is 11.8 Å². The number of aliphatic carboxylic acids is 1. The van der Waals surface area contributed by atoms with Crippen LogP contribution in [0.3, 0.4) is 0 Å². The lowest BCUT2D eigenvalue weighted by Crippen LogP contribution is -2.50. The van der Waals surface area contributed by atoms with Gasteiger partial charge in [-0.25, -0.2) is 9.59 Å². The fourth-order valence-corrected chi connectivity index (χ4v) is 4.39. The third-order valence-electron chi connectivity index (χ3n) is 3.20. The fraction of sp³-hybridized carbons (Fsp3) is 0.846. The largest absolute Gasteiger partial charge is 0.480 e. The Morgan fingerprint density at radius 1 is 1.55 bits per heavy atom. The third-order valence-corrected chi connectivity index (χ3v) is 5.46. The number of thioether (sulfide) groups is 2. The second kappa shape index (κ2) is 8.67. The van der Waals surface area contributed by atoms with Crippen molar-refractivity contribution in [1.82, 2.24) is 10.2 Å². The summed E-state index contributed by atoms with van der Waals surface area (Å²) in [6, 6.07) is -0.943. The highest BCUT2D eigenvalue weighted by Gasteiger charge is 2.41. The number of carboxylic acids is 1. The molecule has 0 bridgehead atoms. The Kier molecular flexibility index (Phi) is 7.58. The van der Waals surface area contributed by atoms with Crippen LogP contribution in [0.25, 0.3) is 0 Å². The van der Waals surface area contributed by atoms with Gasteiger partial charge in [0.1, 0.15) is 6.04 Å². The minimum Gasteiger partial charge on any atom is -0.480 e. The summed E-state index contributed by atoms with van der Waals surface area (Å²) >= 11 is 3.31. The van der Waals surface area contributed by atoms with Gasteiger partial charge >= 0.3 is 12.0 Å². The third kappa shape index (κ3) is 4.77. The van der Waals surface area contributed by atoms with Crippen LogP contribution < -0.4 is 5.32 Å². The molecule has 0 aromatic rings. The number of rotatable bonds is 7. The molecule has 2 N–H and O–H groups in total. The molecule has 0 aromatic carbocycles. The van der Waals surface area contributed by atoms with Gasteiger partial charge in [0, 0.05) is 12.3 Å². The smallest absolute Gasteiger partial charge is 0.327 e. The molecule has 1 saturated heterocycles. The maximum absolute atomic E-state index is 12.3. The summed E-state index contributed by atoms with van der Waals surface area (Å²) < 4.78 is 0. The van der Waals surface area contributed by atoms with Crippen molar-refractivity contribution in [2.24, 2.45) is 5.92 Å². The predicted molar refractivity (Wildman–Crippen MR) is 85.4 cm³/mol. The van der Waals surface area contributed by atoms with E-state index in [0.717, 1.165) is 18.6 Å². The molecule has 5 nitrogen and oxygen atoms in total. The van der Waals surface area contributed by atoms with Crippen molar-refractivity contribution in [2.45, 2.75) is 38.1 Å². The summed E-state index contributed by atoms with van der Waals surface area (Å²) in [5, 5.41) is 12.1. The first-order chi connectivity index (χ1) is 9.51. The van der Waals surface area contributed by atoms with Crippen molar-refractivity contribution in [1.29, 1.82) is 0 Å². The lowest BCUT2D eigenvalue weighted by Gasteiger charge is -2.28. The van der Waals surface area contributed by atoms with E-state index in [1.165, 1.54) is 4.90 Å². The second-order valence-electron chi connectivity index (χ2n) is 5.08. The van der Waals surface area contributed by atoms with Crippen LogP contribution in [0.5, 0.6) is 0 Å². The lowest BCUT2D eigenvalue weighted by molar-refractivity contribution is -0.141. The van der Waals surface area contributed by atoms with E-state index in [4.69, 9.17) is 0 Å². The van der Waals surface area contributed by atoms with Gasteiger partial charge < -0.3 is 10.4 Å². The first kappa shape index (κ1) is 17.5. The normalized spacial score (nSPS) is 23.6. The van der Waals surface area contributed by atoms with Crippen LogP contribution in [0, 0.1) is 5.92 Å². The van der Waals surface area contributed by atoms with Crippen LogP contribution in [0.4, 0.5) is 4.79 Å². The van der Waals surface area contributed by atoms with Crippen molar-refractivity contribution in [3.05, 3.63) is 0 Å².